The monoisotopic (exact) mass is 363 g/mol. The molecule has 2 unspecified atom stereocenters. The van der Waals surface area contributed by atoms with Gasteiger partial charge in [-0.3, -0.25) is 0 Å². The Labute approximate surface area is 142 Å². The maximum Gasteiger partial charge on any atom is 0.400 e. The molecule has 0 aliphatic carbocycles. The van der Waals surface area contributed by atoms with Gasteiger partial charge in [-0.25, -0.2) is 4.79 Å². The second-order valence-corrected chi connectivity index (χ2v) is 5.53. The summed E-state index contributed by atoms with van der Waals surface area (Å²) < 4.78 is 53.5. The first-order valence-corrected chi connectivity index (χ1v) is 7.28. The number of hydrogen-bond donors (Lipinski definition) is 0. The minimum Gasteiger partial charge on any atom is -0.549 e. The van der Waals surface area contributed by atoms with Crippen molar-refractivity contribution in [3.8, 4) is 5.75 Å². The zero-order chi connectivity index (χ0) is 19.2. The molecule has 1 aromatic carbocycles. The average molecular weight is 363 g/mol. The van der Waals surface area contributed by atoms with Crippen molar-refractivity contribution in [2.75, 3.05) is 13.9 Å². The highest BCUT2D eigenvalue weighted by Crippen LogP contribution is 2.33. The molecular weight excluding hydrogens is 345 g/mol. The number of alkyl halides is 3. The van der Waals surface area contributed by atoms with Gasteiger partial charge in [0, 0.05) is 7.11 Å². The lowest BCUT2D eigenvalue weighted by molar-refractivity contribution is -0.332. The molecule has 0 heterocycles. The lowest BCUT2D eigenvalue weighted by Gasteiger charge is -2.31. The van der Waals surface area contributed by atoms with E-state index >= 15 is 0 Å². The molecule has 0 radical (unpaired) electrons. The molecule has 1 rings (SSSR count). The van der Waals surface area contributed by atoms with Crippen molar-refractivity contribution in [3.05, 3.63) is 29.8 Å². The quantitative estimate of drug-likeness (QED) is 0.517. The highest BCUT2D eigenvalue weighted by molar-refractivity contribution is 5.89. The zero-order valence-corrected chi connectivity index (χ0v) is 13.8. The number of esters is 1. The number of hydrogen-bond acceptors (Lipinski definition) is 6. The van der Waals surface area contributed by atoms with Crippen molar-refractivity contribution in [2.45, 2.75) is 26.1 Å². The number of carbonyl (C=O) groups is 2. The average Bonchev–Trinajstić information content (AvgIpc) is 2.50. The second-order valence-electron chi connectivity index (χ2n) is 5.53. The number of benzene rings is 1. The molecule has 1 aromatic rings. The first kappa shape index (κ1) is 20.8. The van der Waals surface area contributed by atoms with Crippen LogP contribution in [0.2, 0.25) is 0 Å². The zero-order valence-electron chi connectivity index (χ0n) is 13.8. The summed E-state index contributed by atoms with van der Waals surface area (Å²) in [6.07, 6.45) is -7.02. The van der Waals surface area contributed by atoms with Gasteiger partial charge in [-0.1, -0.05) is 13.8 Å². The fraction of sp³-hybridized carbons (Fsp3) is 0.500. The topological polar surface area (TPSA) is 84.9 Å². The first-order valence-electron chi connectivity index (χ1n) is 7.28. The van der Waals surface area contributed by atoms with Gasteiger partial charge in [0.15, 0.2) is 6.79 Å². The minimum atomic E-state index is -5.11. The first-order chi connectivity index (χ1) is 11.6. The molecule has 0 saturated carbocycles. The van der Waals surface area contributed by atoms with E-state index in [2.05, 4.69) is 0 Å². The van der Waals surface area contributed by atoms with Crippen LogP contribution >= 0.6 is 0 Å². The van der Waals surface area contributed by atoms with Crippen LogP contribution in [-0.2, 0) is 14.3 Å². The summed E-state index contributed by atoms with van der Waals surface area (Å²) in [5.74, 6) is -6.85. The van der Waals surface area contributed by atoms with Crippen molar-refractivity contribution in [1.29, 1.82) is 0 Å². The van der Waals surface area contributed by atoms with E-state index in [1.807, 2.05) is 0 Å². The summed E-state index contributed by atoms with van der Waals surface area (Å²) >= 11 is 0. The smallest absolute Gasteiger partial charge is 0.400 e. The van der Waals surface area contributed by atoms with Gasteiger partial charge < -0.3 is 24.1 Å². The van der Waals surface area contributed by atoms with Crippen LogP contribution in [0.4, 0.5) is 13.2 Å². The van der Waals surface area contributed by atoms with Gasteiger partial charge in [0.2, 0.25) is 0 Å². The molecule has 140 valence electrons. The van der Waals surface area contributed by atoms with Crippen LogP contribution in [-0.4, -0.2) is 38.1 Å². The second kappa shape index (κ2) is 8.70. The van der Waals surface area contributed by atoms with E-state index in [9.17, 15) is 27.9 Å². The van der Waals surface area contributed by atoms with E-state index in [-0.39, 0.29) is 12.4 Å². The number of methoxy groups -OCH3 is 1. The Morgan fingerprint density at radius 3 is 2.12 bits per heavy atom. The lowest BCUT2D eigenvalue weighted by Crippen LogP contribution is -2.50. The van der Waals surface area contributed by atoms with E-state index in [4.69, 9.17) is 14.2 Å². The van der Waals surface area contributed by atoms with E-state index in [0.717, 1.165) is 0 Å². The largest absolute Gasteiger partial charge is 0.549 e. The third kappa shape index (κ3) is 5.93. The molecular formula is C16H18F3O6-. The molecule has 0 spiro atoms. The van der Waals surface area contributed by atoms with Crippen LogP contribution in [0.25, 0.3) is 0 Å². The van der Waals surface area contributed by atoms with Gasteiger partial charge in [-0.05, 0) is 30.2 Å². The van der Waals surface area contributed by atoms with Crippen LogP contribution in [0, 0.1) is 11.8 Å². The molecule has 0 N–H and O–H groups in total. The number of carbonyl (C=O) groups excluding carboxylic acids is 2. The molecule has 0 aliphatic heterocycles. The number of carboxylic acid groups (broad SMARTS) is 1. The van der Waals surface area contributed by atoms with Gasteiger partial charge in [-0.15, -0.1) is 0 Å². The summed E-state index contributed by atoms with van der Waals surface area (Å²) in [7, 11) is 1.42. The molecule has 9 heteroatoms. The maximum absolute atomic E-state index is 13.0. The lowest BCUT2D eigenvalue weighted by atomic mass is 9.92. The van der Waals surface area contributed by atoms with Crippen LogP contribution in [0.5, 0.6) is 5.75 Å². The SMILES string of the molecule is COCOc1ccc(C(=O)OC(C(C)C)C(C(=O)[O-])C(F)(F)F)cc1. The van der Waals surface area contributed by atoms with Crippen LogP contribution in [0.15, 0.2) is 24.3 Å². The Morgan fingerprint density at radius 2 is 1.72 bits per heavy atom. The number of ether oxygens (including phenoxy) is 3. The molecule has 0 fully saturated rings. The van der Waals surface area contributed by atoms with Crippen LogP contribution in [0.3, 0.4) is 0 Å². The van der Waals surface area contributed by atoms with Gasteiger partial charge in [0.25, 0.3) is 0 Å². The predicted molar refractivity (Wildman–Crippen MR) is 77.5 cm³/mol. The van der Waals surface area contributed by atoms with Crippen molar-refractivity contribution in [2.24, 2.45) is 11.8 Å². The van der Waals surface area contributed by atoms with Crippen molar-refractivity contribution in [1.82, 2.24) is 0 Å². The molecule has 25 heavy (non-hydrogen) atoms. The fourth-order valence-corrected chi connectivity index (χ4v) is 2.05. The normalized spacial score (nSPS) is 14.0. The third-order valence-corrected chi connectivity index (χ3v) is 3.27. The number of carboxylic acids is 1. The van der Waals surface area contributed by atoms with Crippen LogP contribution in [0.1, 0.15) is 24.2 Å². The van der Waals surface area contributed by atoms with Gasteiger partial charge in [0.1, 0.15) is 17.8 Å². The number of aliphatic carboxylic acids is 1. The van der Waals surface area contributed by atoms with E-state index in [1.165, 1.54) is 45.2 Å². The molecule has 0 amide bonds. The van der Waals surface area contributed by atoms with Gasteiger partial charge >= 0.3 is 12.1 Å². The van der Waals surface area contributed by atoms with Crippen molar-refractivity contribution < 1.29 is 42.1 Å². The molecule has 0 bridgehead atoms. The highest BCUT2D eigenvalue weighted by atomic mass is 19.4. The summed E-state index contributed by atoms with van der Waals surface area (Å²) in [5, 5.41) is 10.9. The number of rotatable bonds is 8. The Kier molecular flexibility index (Phi) is 7.22. The Morgan fingerprint density at radius 1 is 1.16 bits per heavy atom. The predicted octanol–water partition coefficient (Wildman–Crippen LogP) is 1.78. The minimum absolute atomic E-state index is 0.0158. The van der Waals surface area contributed by atoms with E-state index in [0.29, 0.717) is 5.75 Å². The Bertz CT molecular complexity index is 583. The van der Waals surface area contributed by atoms with Crippen molar-refractivity contribution in [3.63, 3.8) is 0 Å². The summed E-state index contributed by atoms with van der Waals surface area (Å²) in [6, 6.07) is 5.37. The third-order valence-electron chi connectivity index (χ3n) is 3.27. The molecule has 0 aliphatic rings. The molecule has 0 aromatic heterocycles. The number of halogens is 3. The standard InChI is InChI=1S/C16H19F3O6/c1-9(2)13(12(14(20)21)16(17,18)19)25-15(22)10-4-6-11(7-5-10)24-8-23-3/h4-7,9,12-13H,8H2,1-3H3,(H,20,21)/p-1. The van der Waals surface area contributed by atoms with Crippen molar-refractivity contribution >= 4 is 11.9 Å². The van der Waals surface area contributed by atoms with Gasteiger partial charge in [0.05, 0.1) is 11.5 Å². The summed E-state index contributed by atoms with van der Waals surface area (Å²) in [4.78, 5) is 23.0. The van der Waals surface area contributed by atoms with E-state index in [1.54, 1.807) is 0 Å². The Balaban J connectivity index is 2.94. The fourth-order valence-electron chi connectivity index (χ4n) is 2.05. The molecule has 0 saturated heterocycles. The van der Waals surface area contributed by atoms with Gasteiger partial charge in [-0.2, -0.15) is 13.2 Å². The Hall–Kier alpha value is -2.29. The molecule has 6 nitrogen and oxygen atoms in total. The van der Waals surface area contributed by atoms with Crippen LogP contribution < -0.4 is 9.84 Å². The summed E-state index contributed by atoms with van der Waals surface area (Å²) in [5.41, 5.74) is -0.0466. The summed E-state index contributed by atoms with van der Waals surface area (Å²) in [6.45, 7) is 2.63. The highest BCUT2D eigenvalue weighted by Gasteiger charge is 2.48. The maximum atomic E-state index is 13.0. The molecule has 2 atom stereocenters. The van der Waals surface area contributed by atoms with E-state index < -0.39 is 36.1 Å².